The van der Waals surface area contributed by atoms with E-state index in [0.717, 1.165) is 57.0 Å². The summed E-state index contributed by atoms with van der Waals surface area (Å²) < 4.78 is 0. The molecule has 136 valence electrons. The first-order valence-electron chi connectivity index (χ1n) is 9.51. The normalized spacial score (nSPS) is 20.7. The van der Waals surface area contributed by atoms with Crippen LogP contribution in [0, 0.1) is 5.92 Å². The van der Waals surface area contributed by atoms with Crippen LogP contribution in [0.1, 0.15) is 29.5 Å². The Bertz CT molecular complexity index is 791. The number of hydrogen-bond donors (Lipinski definition) is 0. The van der Waals surface area contributed by atoms with E-state index in [-0.39, 0.29) is 5.92 Å². The van der Waals surface area contributed by atoms with Gasteiger partial charge in [0.2, 0.25) is 5.91 Å². The number of nitrogens with zero attached hydrogens (tertiary/aromatic N) is 2. The summed E-state index contributed by atoms with van der Waals surface area (Å²) in [6.07, 6.45) is 3.06. The zero-order chi connectivity index (χ0) is 17.9. The molecule has 1 fully saturated rings. The lowest BCUT2D eigenvalue weighted by atomic mass is 9.93. The summed E-state index contributed by atoms with van der Waals surface area (Å²) in [4.78, 5) is 17.6. The summed E-state index contributed by atoms with van der Waals surface area (Å²) in [6.45, 7) is 4.39. The maximum absolute atomic E-state index is 13.1. The quantitative estimate of drug-likeness (QED) is 0.813. The van der Waals surface area contributed by atoms with Crippen LogP contribution in [0.2, 0.25) is 5.02 Å². The molecule has 0 N–H and O–H groups in total. The largest absolute Gasteiger partial charge is 0.338 e. The summed E-state index contributed by atoms with van der Waals surface area (Å²) in [5.74, 6) is 0.448. The van der Waals surface area contributed by atoms with Gasteiger partial charge in [0.15, 0.2) is 0 Å². The van der Waals surface area contributed by atoms with E-state index in [1.807, 2.05) is 18.2 Å². The van der Waals surface area contributed by atoms with E-state index in [9.17, 15) is 4.79 Å². The molecule has 0 radical (unpaired) electrons. The van der Waals surface area contributed by atoms with Gasteiger partial charge in [0.1, 0.15) is 0 Å². The van der Waals surface area contributed by atoms with Gasteiger partial charge in [-0.3, -0.25) is 9.69 Å². The summed E-state index contributed by atoms with van der Waals surface area (Å²) in [5, 5.41) is 0.777. The van der Waals surface area contributed by atoms with Crippen molar-refractivity contribution in [3.05, 3.63) is 70.2 Å². The lowest BCUT2D eigenvalue weighted by molar-refractivity contribution is -0.138. The minimum atomic E-state index is 0.119. The van der Waals surface area contributed by atoms with Crippen molar-refractivity contribution in [3.63, 3.8) is 0 Å². The van der Waals surface area contributed by atoms with Crippen LogP contribution < -0.4 is 0 Å². The highest BCUT2D eigenvalue weighted by molar-refractivity contribution is 6.30. The SMILES string of the molecule is O=C([C@H]1CCCN(Cc2cccc(Cl)c2)C1)N1CCc2ccccc2C1. The van der Waals surface area contributed by atoms with Crippen molar-refractivity contribution in [3.8, 4) is 0 Å². The van der Waals surface area contributed by atoms with E-state index in [0.29, 0.717) is 5.91 Å². The standard InChI is InChI=1S/C22H25ClN2O/c23-21-9-3-5-17(13-21)14-24-11-4-8-20(15-24)22(26)25-12-10-18-6-1-2-7-19(18)16-25/h1-3,5-7,9,13,20H,4,8,10-12,14-16H2/t20-/m0/s1. The fourth-order valence-electron chi connectivity index (χ4n) is 4.24. The third-order valence-corrected chi connectivity index (χ3v) is 5.83. The minimum absolute atomic E-state index is 0.119. The third kappa shape index (κ3) is 3.94. The van der Waals surface area contributed by atoms with Gasteiger partial charge in [0.05, 0.1) is 5.92 Å². The van der Waals surface area contributed by atoms with Gasteiger partial charge in [-0.2, -0.15) is 0 Å². The molecule has 1 saturated heterocycles. The molecular weight excluding hydrogens is 344 g/mol. The Labute approximate surface area is 160 Å². The molecule has 2 heterocycles. The second-order valence-corrected chi connectivity index (χ2v) is 7.92. The Balaban J connectivity index is 1.39. The maximum atomic E-state index is 13.1. The lowest BCUT2D eigenvalue weighted by Gasteiger charge is -2.36. The predicted molar refractivity (Wildman–Crippen MR) is 105 cm³/mol. The fraction of sp³-hybridized carbons (Fsp3) is 0.409. The number of rotatable bonds is 3. The van der Waals surface area contributed by atoms with Crippen LogP contribution in [-0.2, 0) is 24.3 Å². The first-order valence-corrected chi connectivity index (χ1v) is 9.89. The fourth-order valence-corrected chi connectivity index (χ4v) is 4.45. The Morgan fingerprint density at radius 2 is 1.92 bits per heavy atom. The number of carbonyl (C=O) groups excluding carboxylic acids is 1. The third-order valence-electron chi connectivity index (χ3n) is 5.59. The molecule has 1 atom stereocenters. The topological polar surface area (TPSA) is 23.6 Å². The molecule has 0 saturated carbocycles. The minimum Gasteiger partial charge on any atom is -0.338 e. The zero-order valence-electron chi connectivity index (χ0n) is 15.0. The number of benzene rings is 2. The van der Waals surface area contributed by atoms with Crippen molar-refractivity contribution in [1.29, 1.82) is 0 Å². The Morgan fingerprint density at radius 3 is 2.77 bits per heavy atom. The Hall–Kier alpha value is -1.84. The van der Waals surface area contributed by atoms with Gasteiger partial charge in [-0.25, -0.2) is 0 Å². The van der Waals surface area contributed by atoms with E-state index >= 15 is 0 Å². The van der Waals surface area contributed by atoms with Crippen LogP contribution in [-0.4, -0.2) is 35.3 Å². The second kappa shape index (κ2) is 7.81. The number of halogens is 1. The lowest BCUT2D eigenvalue weighted by Crippen LogP contribution is -2.46. The van der Waals surface area contributed by atoms with Gasteiger partial charge >= 0.3 is 0 Å². The van der Waals surface area contributed by atoms with E-state index < -0.39 is 0 Å². The number of hydrogen-bond acceptors (Lipinski definition) is 2. The predicted octanol–water partition coefficient (Wildman–Crippen LogP) is 4.14. The molecule has 0 bridgehead atoms. The molecule has 4 heteroatoms. The number of fused-ring (bicyclic) bond motifs is 1. The molecule has 2 aliphatic rings. The highest BCUT2D eigenvalue weighted by Gasteiger charge is 2.30. The summed E-state index contributed by atoms with van der Waals surface area (Å²) >= 11 is 6.11. The van der Waals surface area contributed by atoms with Gasteiger partial charge in [-0.15, -0.1) is 0 Å². The van der Waals surface area contributed by atoms with Crippen LogP contribution in [0.15, 0.2) is 48.5 Å². The first kappa shape index (κ1) is 17.6. The van der Waals surface area contributed by atoms with Gasteiger partial charge in [-0.05, 0) is 54.6 Å². The van der Waals surface area contributed by atoms with E-state index in [1.165, 1.54) is 16.7 Å². The molecule has 2 aromatic rings. The molecule has 0 aromatic heterocycles. The molecule has 0 unspecified atom stereocenters. The van der Waals surface area contributed by atoms with Crippen LogP contribution in [0.4, 0.5) is 0 Å². The Morgan fingerprint density at radius 1 is 1.08 bits per heavy atom. The van der Waals surface area contributed by atoms with Crippen molar-refractivity contribution in [2.24, 2.45) is 5.92 Å². The highest BCUT2D eigenvalue weighted by Crippen LogP contribution is 2.25. The van der Waals surface area contributed by atoms with E-state index in [4.69, 9.17) is 11.6 Å². The monoisotopic (exact) mass is 368 g/mol. The van der Waals surface area contributed by atoms with Crippen molar-refractivity contribution >= 4 is 17.5 Å². The van der Waals surface area contributed by atoms with Gasteiger partial charge in [0.25, 0.3) is 0 Å². The highest BCUT2D eigenvalue weighted by atomic mass is 35.5. The molecule has 3 nitrogen and oxygen atoms in total. The van der Waals surface area contributed by atoms with Gasteiger partial charge in [0, 0.05) is 31.2 Å². The number of piperidine rings is 1. The maximum Gasteiger partial charge on any atom is 0.227 e. The van der Waals surface area contributed by atoms with Crippen molar-refractivity contribution in [2.45, 2.75) is 32.4 Å². The summed E-state index contributed by atoms with van der Waals surface area (Å²) in [5.41, 5.74) is 3.92. The average molecular weight is 369 g/mol. The van der Waals surface area contributed by atoms with Crippen LogP contribution in [0.5, 0.6) is 0 Å². The van der Waals surface area contributed by atoms with Crippen LogP contribution in [0.3, 0.4) is 0 Å². The molecule has 2 aromatic carbocycles. The Kier molecular flexibility index (Phi) is 5.28. The van der Waals surface area contributed by atoms with Crippen molar-refractivity contribution in [2.75, 3.05) is 19.6 Å². The molecule has 2 aliphatic heterocycles. The van der Waals surface area contributed by atoms with Crippen molar-refractivity contribution in [1.82, 2.24) is 9.80 Å². The molecule has 0 spiro atoms. The summed E-state index contributed by atoms with van der Waals surface area (Å²) in [6, 6.07) is 16.5. The summed E-state index contributed by atoms with van der Waals surface area (Å²) in [7, 11) is 0. The van der Waals surface area contributed by atoms with Crippen LogP contribution >= 0.6 is 11.6 Å². The number of carbonyl (C=O) groups is 1. The molecular formula is C22H25ClN2O. The molecule has 26 heavy (non-hydrogen) atoms. The zero-order valence-corrected chi connectivity index (χ0v) is 15.8. The van der Waals surface area contributed by atoms with Gasteiger partial charge < -0.3 is 4.90 Å². The average Bonchev–Trinajstić information content (AvgIpc) is 2.67. The second-order valence-electron chi connectivity index (χ2n) is 7.48. The molecule has 4 rings (SSSR count). The molecule has 0 aliphatic carbocycles. The van der Waals surface area contributed by atoms with E-state index in [2.05, 4.69) is 40.1 Å². The molecule has 1 amide bonds. The van der Waals surface area contributed by atoms with E-state index in [1.54, 1.807) is 0 Å². The van der Waals surface area contributed by atoms with Crippen LogP contribution in [0.25, 0.3) is 0 Å². The van der Waals surface area contributed by atoms with Gasteiger partial charge in [-0.1, -0.05) is 48.0 Å². The smallest absolute Gasteiger partial charge is 0.227 e. The number of likely N-dealkylation sites (tertiary alicyclic amines) is 1. The first-order chi connectivity index (χ1) is 12.7. The van der Waals surface area contributed by atoms with Crippen molar-refractivity contribution < 1.29 is 4.79 Å². The number of amides is 1.